The zero-order chi connectivity index (χ0) is 26.7. The van der Waals surface area contributed by atoms with E-state index in [9.17, 15) is 9.59 Å². The van der Waals surface area contributed by atoms with Crippen molar-refractivity contribution in [2.45, 2.75) is 32.1 Å². The lowest BCUT2D eigenvalue weighted by Gasteiger charge is -2.19. The molecule has 0 spiro atoms. The Kier molecular flexibility index (Phi) is 6.84. The van der Waals surface area contributed by atoms with E-state index < -0.39 is 11.9 Å². The lowest BCUT2D eigenvalue weighted by Crippen LogP contribution is -2.20. The summed E-state index contributed by atoms with van der Waals surface area (Å²) in [5, 5.41) is 0.330. The number of hydrogen-bond donors (Lipinski definition) is 0. The summed E-state index contributed by atoms with van der Waals surface area (Å²) in [4.78, 5) is 26.4. The van der Waals surface area contributed by atoms with Crippen LogP contribution in [-0.4, -0.2) is 5.97 Å². The summed E-state index contributed by atoms with van der Waals surface area (Å²) in [6.45, 7) is 6.40. The van der Waals surface area contributed by atoms with Crippen molar-refractivity contribution in [2.24, 2.45) is 0 Å². The fraction of sp³-hybridized carbons (Fsp3) is 0.152. The molecular weight excluding hydrogens is 476 g/mol. The van der Waals surface area contributed by atoms with Crippen LogP contribution in [0.2, 0.25) is 0 Å². The van der Waals surface area contributed by atoms with Crippen LogP contribution in [0.25, 0.3) is 11.0 Å². The first-order valence-corrected chi connectivity index (χ1v) is 12.5. The molecule has 190 valence electrons. The average Bonchev–Trinajstić information content (AvgIpc) is 2.91. The normalized spacial score (nSPS) is 11.5. The van der Waals surface area contributed by atoms with Crippen molar-refractivity contribution < 1.29 is 18.7 Å². The Hall–Kier alpha value is -4.64. The standard InChI is InChI=1S/C33H28O5/c1-33(2,3)24-14-16-25(17-15-24)37-29-21-36-28-20-26(18-19-27(28)31(29)34)38-32(35)30(22-10-6-4-7-11-22)23-12-8-5-9-13-23/h4-21,30H,1-3H3. The highest BCUT2D eigenvalue weighted by molar-refractivity contribution is 5.85. The lowest BCUT2D eigenvalue weighted by molar-refractivity contribution is -0.135. The van der Waals surface area contributed by atoms with Crippen LogP contribution in [-0.2, 0) is 10.2 Å². The Morgan fingerprint density at radius 3 is 1.92 bits per heavy atom. The van der Waals surface area contributed by atoms with Gasteiger partial charge in [0.1, 0.15) is 29.3 Å². The number of carbonyl (C=O) groups excluding carboxylic acids is 1. The van der Waals surface area contributed by atoms with Gasteiger partial charge in [-0.2, -0.15) is 0 Å². The van der Waals surface area contributed by atoms with E-state index in [-0.39, 0.29) is 22.3 Å². The molecular formula is C33H28O5. The van der Waals surface area contributed by atoms with E-state index in [1.807, 2.05) is 84.9 Å². The molecule has 0 radical (unpaired) electrons. The molecule has 1 heterocycles. The second-order valence-electron chi connectivity index (χ2n) is 10.1. The second-order valence-corrected chi connectivity index (χ2v) is 10.1. The summed E-state index contributed by atoms with van der Waals surface area (Å²) < 4.78 is 17.3. The minimum Gasteiger partial charge on any atom is -0.460 e. The third kappa shape index (κ3) is 5.37. The molecule has 4 aromatic carbocycles. The van der Waals surface area contributed by atoms with E-state index in [0.29, 0.717) is 16.7 Å². The van der Waals surface area contributed by atoms with Crippen LogP contribution in [0.15, 0.2) is 119 Å². The van der Waals surface area contributed by atoms with Gasteiger partial charge in [0.05, 0.1) is 5.39 Å². The van der Waals surface area contributed by atoms with Gasteiger partial charge in [-0.3, -0.25) is 9.59 Å². The topological polar surface area (TPSA) is 65.7 Å². The van der Waals surface area contributed by atoms with Crippen LogP contribution < -0.4 is 14.9 Å². The van der Waals surface area contributed by atoms with Gasteiger partial charge >= 0.3 is 5.97 Å². The highest BCUT2D eigenvalue weighted by Crippen LogP contribution is 2.30. The Bertz CT molecular complexity index is 1570. The Balaban J connectivity index is 1.39. The number of fused-ring (bicyclic) bond motifs is 1. The molecule has 38 heavy (non-hydrogen) atoms. The third-order valence-corrected chi connectivity index (χ3v) is 6.38. The SMILES string of the molecule is CC(C)(C)c1ccc(Oc2coc3cc(OC(=O)C(c4ccccc4)c4ccccc4)ccc3c2=O)cc1. The summed E-state index contributed by atoms with van der Waals surface area (Å²) >= 11 is 0. The predicted octanol–water partition coefficient (Wildman–Crippen LogP) is 7.62. The summed E-state index contributed by atoms with van der Waals surface area (Å²) in [5.74, 6) is -0.112. The highest BCUT2D eigenvalue weighted by atomic mass is 16.5. The van der Waals surface area contributed by atoms with Crippen molar-refractivity contribution in [3.05, 3.63) is 136 Å². The molecule has 0 aliphatic carbocycles. The van der Waals surface area contributed by atoms with E-state index in [0.717, 1.165) is 11.1 Å². The quantitative estimate of drug-likeness (QED) is 0.176. The van der Waals surface area contributed by atoms with Gasteiger partial charge in [0.2, 0.25) is 11.2 Å². The van der Waals surface area contributed by atoms with Crippen LogP contribution in [0.5, 0.6) is 17.2 Å². The third-order valence-electron chi connectivity index (χ3n) is 6.38. The maximum absolute atomic E-state index is 13.3. The van der Waals surface area contributed by atoms with Crippen LogP contribution >= 0.6 is 0 Å². The molecule has 0 N–H and O–H groups in total. The first-order chi connectivity index (χ1) is 18.3. The first kappa shape index (κ1) is 25.0. The van der Waals surface area contributed by atoms with Crippen molar-refractivity contribution in [2.75, 3.05) is 0 Å². The van der Waals surface area contributed by atoms with Crippen molar-refractivity contribution in [1.29, 1.82) is 0 Å². The van der Waals surface area contributed by atoms with Gasteiger partial charge in [-0.1, -0.05) is 93.6 Å². The van der Waals surface area contributed by atoms with E-state index in [1.54, 1.807) is 18.2 Å². The van der Waals surface area contributed by atoms with Crippen LogP contribution in [0.4, 0.5) is 0 Å². The van der Waals surface area contributed by atoms with E-state index in [1.165, 1.54) is 11.8 Å². The summed E-state index contributed by atoms with van der Waals surface area (Å²) in [6, 6.07) is 31.3. The Labute approximate surface area is 221 Å². The molecule has 0 bridgehead atoms. The molecule has 0 fully saturated rings. The molecule has 5 heteroatoms. The zero-order valence-electron chi connectivity index (χ0n) is 21.5. The monoisotopic (exact) mass is 504 g/mol. The van der Waals surface area contributed by atoms with E-state index >= 15 is 0 Å². The van der Waals surface area contributed by atoms with Crippen LogP contribution in [0.1, 0.15) is 43.4 Å². The fourth-order valence-corrected chi connectivity index (χ4v) is 4.31. The number of rotatable bonds is 6. The summed E-state index contributed by atoms with van der Waals surface area (Å²) in [5.41, 5.74) is 2.83. The Morgan fingerprint density at radius 1 is 0.763 bits per heavy atom. The van der Waals surface area contributed by atoms with E-state index in [4.69, 9.17) is 13.9 Å². The number of esters is 1. The number of carbonyl (C=O) groups is 1. The van der Waals surface area contributed by atoms with Crippen LogP contribution in [0, 0.1) is 0 Å². The fourth-order valence-electron chi connectivity index (χ4n) is 4.31. The first-order valence-electron chi connectivity index (χ1n) is 12.5. The maximum Gasteiger partial charge on any atom is 0.323 e. The van der Waals surface area contributed by atoms with Crippen molar-refractivity contribution in [1.82, 2.24) is 0 Å². The molecule has 0 amide bonds. The molecule has 5 nitrogen and oxygen atoms in total. The zero-order valence-corrected chi connectivity index (χ0v) is 21.5. The van der Waals surface area contributed by atoms with Gasteiger partial charge in [-0.15, -0.1) is 0 Å². The number of benzene rings is 4. The van der Waals surface area contributed by atoms with Crippen molar-refractivity contribution in [3.63, 3.8) is 0 Å². The number of ether oxygens (including phenoxy) is 2. The van der Waals surface area contributed by atoms with E-state index in [2.05, 4.69) is 20.8 Å². The minimum atomic E-state index is -0.597. The van der Waals surface area contributed by atoms with Gasteiger partial charge < -0.3 is 13.9 Å². The average molecular weight is 505 g/mol. The molecule has 0 aliphatic rings. The predicted molar refractivity (Wildman–Crippen MR) is 148 cm³/mol. The van der Waals surface area contributed by atoms with Crippen molar-refractivity contribution >= 4 is 16.9 Å². The van der Waals surface area contributed by atoms with Gasteiger partial charge in [-0.25, -0.2) is 0 Å². The van der Waals surface area contributed by atoms with Gasteiger partial charge in [0.15, 0.2) is 0 Å². The summed E-state index contributed by atoms with van der Waals surface area (Å²) in [7, 11) is 0. The highest BCUT2D eigenvalue weighted by Gasteiger charge is 2.25. The largest absolute Gasteiger partial charge is 0.460 e. The molecule has 0 saturated heterocycles. The van der Waals surface area contributed by atoms with Gasteiger partial charge in [0.25, 0.3) is 0 Å². The lowest BCUT2D eigenvalue weighted by atomic mass is 9.87. The second kappa shape index (κ2) is 10.4. The number of hydrogen-bond acceptors (Lipinski definition) is 5. The molecule has 1 aromatic heterocycles. The van der Waals surface area contributed by atoms with Crippen LogP contribution in [0.3, 0.4) is 0 Å². The maximum atomic E-state index is 13.3. The minimum absolute atomic E-state index is 0.0177. The molecule has 0 saturated carbocycles. The van der Waals surface area contributed by atoms with Gasteiger partial charge in [-0.05, 0) is 46.4 Å². The molecule has 0 atom stereocenters. The Morgan fingerprint density at radius 2 is 1.34 bits per heavy atom. The molecule has 5 aromatic rings. The smallest absolute Gasteiger partial charge is 0.323 e. The molecule has 0 aliphatic heterocycles. The molecule has 0 unspecified atom stereocenters. The summed E-state index contributed by atoms with van der Waals surface area (Å²) in [6.07, 6.45) is 1.28. The van der Waals surface area contributed by atoms with Crippen molar-refractivity contribution in [3.8, 4) is 17.2 Å². The molecule has 5 rings (SSSR count). The van der Waals surface area contributed by atoms with Gasteiger partial charge in [0, 0.05) is 6.07 Å².